The molecule has 0 aliphatic rings. The quantitative estimate of drug-likeness (QED) is 0.679. The summed E-state index contributed by atoms with van der Waals surface area (Å²) in [5.41, 5.74) is 6.01. The Balaban J connectivity index is 2.23. The van der Waals surface area contributed by atoms with Gasteiger partial charge in [-0.05, 0) is 32.9 Å². The predicted octanol–water partition coefficient (Wildman–Crippen LogP) is 2.33. The molecule has 23 heavy (non-hydrogen) atoms. The third kappa shape index (κ3) is 2.93. The maximum absolute atomic E-state index is 5.54. The second-order valence-electron chi connectivity index (χ2n) is 5.57. The number of aromatic nitrogens is 3. The molecule has 0 amide bonds. The summed E-state index contributed by atoms with van der Waals surface area (Å²) in [5.74, 6) is 6.63. The molecule has 122 valence electrons. The fourth-order valence-corrected chi connectivity index (χ4v) is 2.54. The van der Waals surface area contributed by atoms with Crippen molar-refractivity contribution in [2.45, 2.75) is 33.4 Å². The Morgan fingerprint density at radius 2 is 2.13 bits per heavy atom. The molecule has 3 N–H and O–H groups in total. The summed E-state index contributed by atoms with van der Waals surface area (Å²) in [6.45, 7) is 7.21. The van der Waals surface area contributed by atoms with E-state index in [2.05, 4.69) is 29.2 Å². The van der Waals surface area contributed by atoms with Crippen LogP contribution in [0.15, 0.2) is 24.4 Å². The second-order valence-corrected chi connectivity index (χ2v) is 5.57. The summed E-state index contributed by atoms with van der Waals surface area (Å²) in [7, 11) is 0. The highest BCUT2D eigenvalue weighted by Crippen LogP contribution is 2.27. The van der Waals surface area contributed by atoms with Crippen molar-refractivity contribution in [3.05, 3.63) is 30.2 Å². The average Bonchev–Trinajstić information content (AvgIpc) is 2.89. The van der Waals surface area contributed by atoms with Gasteiger partial charge < -0.3 is 15.0 Å². The van der Waals surface area contributed by atoms with Crippen LogP contribution in [-0.4, -0.2) is 27.3 Å². The number of rotatable bonds is 6. The molecule has 2 heterocycles. The molecule has 7 heteroatoms. The zero-order valence-electron chi connectivity index (χ0n) is 13.5. The van der Waals surface area contributed by atoms with Crippen LogP contribution in [0.5, 0.6) is 5.75 Å². The Morgan fingerprint density at radius 3 is 2.83 bits per heavy atom. The van der Waals surface area contributed by atoms with Gasteiger partial charge in [0.1, 0.15) is 23.4 Å². The molecule has 0 spiro atoms. The summed E-state index contributed by atoms with van der Waals surface area (Å²) in [5, 5.41) is 0.978. The lowest BCUT2D eigenvalue weighted by Gasteiger charge is -2.16. The lowest BCUT2D eigenvalue weighted by atomic mass is 10.2. The summed E-state index contributed by atoms with van der Waals surface area (Å²) < 4.78 is 7.53. The van der Waals surface area contributed by atoms with Gasteiger partial charge in [-0.15, -0.1) is 0 Å². The third-order valence-corrected chi connectivity index (χ3v) is 3.48. The van der Waals surface area contributed by atoms with E-state index in [1.165, 1.54) is 0 Å². The highest BCUT2D eigenvalue weighted by molar-refractivity contribution is 6.02. The van der Waals surface area contributed by atoms with Crippen molar-refractivity contribution in [2.75, 3.05) is 12.0 Å². The molecule has 0 aliphatic carbocycles. The van der Waals surface area contributed by atoms with Crippen LogP contribution in [0.4, 0.5) is 0 Å². The zero-order valence-corrected chi connectivity index (χ0v) is 13.5. The Kier molecular flexibility index (Phi) is 4.31. The Morgan fingerprint density at radius 1 is 1.30 bits per heavy atom. The molecule has 0 saturated heterocycles. The van der Waals surface area contributed by atoms with Crippen molar-refractivity contribution >= 4 is 21.9 Å². The number of imidazole rings is 1. The van der Waals surface area contributed by atoms with Gasteiger partial charge in [-0.3, -0.25) is 4.98 Å². The maximum Gasteiger partial charge on any atom is 0.154 e. The number of fused-ring (bicyclic) bond motifs is 3. The standard InChI is InChI=1S/C16H21N5O2/c1-4-22-9-15-19-14-8-18-13-7-11(23-17)5-6-12(13)16(14)21(15)20-10(2)3/h5-8,10,20H,4,9,17H2,1-3H3. The van der Waals surface area contributed by atoms with E-state index in [0.717, 1.165) is 27.8 Å². The highest BCUT2D eigenvalue weighted by atomic mass is 16.6. The van der Waals surface area contributed by atoms with E-state index in [9.17, 15) is 0 Å². The van der Waals surface area contributed by atoms with Crippen LogP contribution in [0, 0.1) is 0 Å². The number of nitrogens with zero attached hydrogens (tertiary/aromatic N) is 3. The third-order valence-electron chi connectivity index (χ3n) is 3.48. The van der Waals surface area contributed by atoms with E-state index in [0.29, 0.717) is 19.0 Å². The fourth-order valence-electron chi connectivity index (χ4n) is 2.54. The number of hydrogen-bond acceptors (Lipinski definition) is 6. The van der Waals surface area contributed by atoms with Crippen molar-refractivity contribution in [1.29, 1.82) is 0 Å². The van der Waals surface area contributed by atoms with Gasteiger partial charge in [-0.2, -0.15) is 5.90 Å². The summed E-state index contributed by atoms with van der Waals surface area (Å²) in [6, 6.07) is 5.82. The Labute approximate surface area is 134 Å². The molecule has 1 aromatic carbocycles. The van der Waals surface area contributed by atoms with Gasteiger partial charge in [0.15, 0.2) is 5.82 Å². The van der Waals surface area contributed by atoms with Crippen molar-refractivity contribution < 1.29 is 9.57 Å². The second kappa shape index (κ2) is 6.39. The van der Waals surface area contributed by atoms with Gasteiger partial charge in [-0.1, -0.05) is 0 Å². The van der Waals surface area contributed by atoms with Crippen LogP contribution < -0.4 is 16.2 Å². The summed E-state index contributed by atoms with van der Waals surface area (Å²) in [6.07, 6.45) is 1.76. The number of benzene rings is 1. The minimum absolute atomic E-state index is 0.252. The molecule has 0 saturated carbocycles. The average molecular weight is 315 g/mol. The molecule has 0 radical (unpaired) electrons. The molecule has 0 bridgehead atoms. The SMILES string of the molecule is CCOCc1nc2cnc3cc(ON)ccc3c2n1NC(C)C. The zero-order chi connectivity index (χ0) is 16.4. The Hall–Kier alpha value is -2.38. The Bertz CT molecular complexity index is 828. The minimum Gasteiger partial charge on any atom is -0.411 e. The topological polar surface area (TPSA) is 87.2 Å². The lowest BCUT2D eigenvalue weighted by Crippen LogP contribution is -2.24. The van der Waals surface area contributed by atoms with E-state index >= 15 is 0 Å². The summed E-state index contributed by atoms with van der Waals surface area (Å²) >= 11 is 0. The van der Waals surface area contributed by atoms with Crippen molar-refractivity contribution in [3.63, 3.8) is 0 Å². The van der Waals surface area contributed by atoms with Gasteiger partial charge in [0.05, 0.1) is 11.7 Å². The fraction of sp³-hybridized carbons (Fsp3) is 0.375. The van der Waals surface area contributed by atoms with E-state index in [-0.39, 0.29) is 6.04 Å². The van der Waals surface area contributed by atoms with E-state index in [1.54, 1.807) is 6.20 Å². The van der Waals surface area contributed by atoms with Crippen molar-refractivity contribution in [2.24, 2.45) is 5.90 Å². The van der Waals surface area contributed by atoms with Crippen LogP contribution in [-0.2, 0) is 11.3 Å². The van der Waals surface area contributed by atoms with Crippen molar-refractivity contribution in [1.82, 2.24) is 14.6 Å². The van der Waals surface area contributed by atoms with Crippen molar-refractivity contribution in [3.8, 4) is 5.75 Å². The number of nitrogens with two attached hydrogens (primary N) is 1. The molecule has 3 rings (SSSR count). The van der Waals surface area contributed by atoms with Gasteiger partial charge in [0.2, 0.25) is 0 Å². The molecule has 0 aliphatic heterocycles. The number of hydrogen-bond donors (Lipinski definition) is 2. The van der Waals surface area contributed by atoms with E-state index in [1.807, 2.05) is 29.8 Å². The predicted molar refractivity (Wildman–Crippen MR) is 89.7 cm³/mol. The first-order chi connectivity index (χ1) is 11.1. The molecular weight excluding hydrogens is 294 g/mol. The number of pyridine rings is 1. The summed E-state index contributed by atoms with van der Waals surface area (Å²) in [4.78, 5) is 13.9. The van der Waals surface area contributed by atoms with Gasteiger partial charge in [0, 0.05) is 24.1 Å². The highest BCUT2D eigenvalue weighted by Gasteiger charge is 2.15. The molecular formula is C16H21N5O2. The van der Waals surface area contributed by atoms with Crippen LogP contribution in [0.1, 0.15) is 26.6 Å². The molecule has 0 unspecified atom stereocenters. The largest absolute Gasteiger partial charge is 0.411 e. The lowest BCUT2D eigenvalue weighted by molar-refractivity contribution is 0.127. The minimum atomic E-state index is 0.252. The number of ether oxygens (including phenoxy) is 1. The van der Waals surface area contributed by atoms with Crippen LogP contribution in [0.25, 0.3) is 21.9 Å². The van der Waals surface area contributed by atoms with E-state index < -0.39 is 0 Å². The first-order valence-corrected chi connectivity index (χ1v) is 7.65. The van der Waals surface area contributed by atoms with E-state index in [4.69, 9.17) is 15.5 Å². The first kappa shape index (κ1) is 15.5. The molecule has 0 atom stereocenters. The van der Waals surface area contributed by atoms with Gasteiger partial charge in [0.25, 0.3) is 0 Å². The normalized spacial score (nSPS) is 11.5. The molecule has 7 nitrogen and oxygen atoms in total. The monoisotopic (exact) mass is 315 g/mol. The van der Waals surface area contributed by atoms with Crippen LogP contribution in [0.3, 0.4) is 0 Å². The van der Waals surface area contributed by atoms with Crippen LogP contribution in [0.2, 0.25) is 0 Å². The maximum atomic E-state index is 5.54. The van der Waals surface area contributed by atoms with Gasteiger partial charge in [-0.25, -0.2) is 9.66 Å². The number of nitrogens with one attached hydrogen (secondary N) is 1. The van der Waals surface area contributed by atoms with Gasteiger partial charge >= 0.3 is 0 Å². The molecule has 0 fully saturated rings. The smallest absolute Gasteiger partial charge is 0.154 e. The molecule has 2 aromatic heterocycles. The first-order valence-electron chi connectivity index (χ1n) is 7.65. The molecule has 3 aromatic rings. The van der Waals surface area contributed by atoms with Crippen LogP contribution >= 0.6 is 0 Å².